The Morgan fingerprint density at radius 1 is 1.53 bits per heavy atom. The van der Waals surface area contributed by atoms with E-state index in [4.69, 9.17) is 5.73 Å². The van der Waals surface area contributed by atoms with E-state index in [9.17, 15) is 4.79 Å². The van der Waals surface area contributed by atoms with Gasteiger partial charge < -0.3 is 10.6 Å². The standard InChI is InChI=1S/C13H19N3O/c1-13(2)9-16(8-6-11(13)14)12(17)10-5-3-4-7-15-10/h3-5,7,11H,6,8-9,14H2,1-2H3. The lowest BCUT2D eigenvalue weighted by atomic mass is 9.79. The van der Waals surface area contributed by atoms with Crippen LogP contribution in [0.3, 0.4) is 0 Å². The van der Waals surface area contributed by atoms with Gasteiger partial charge in [-0.3, -0.25) is 9.78 Å². The summed E-state index contributed by atoms with van der Waals surface area (Å²) in [6.45, 7) is 5.63. The van der Waals surface area contributed by atoms with Crippen LogP contribution in [0, 0.1) is 5.41 Å². The summed E-state index contributed by atoms with van der Waals surface area (Å²) in [4.78, 5) is 18.2. The normalized spacial score (nSPS) is 23.5. The van der Waals surface area contributed by atoms with E-state index < -0.39 is 0 Å². The van der Waals surface area contributed by atoms with Crippen LogP contribution < -0.4 is 5.73 Å². The summed E-state index contributed by atoms with van der Waals surface area (Å²) in [6.07, 6.45) is 2.50. The molecule has 17 heavy (non-hydrogen) atoms. The fourth-order valence-corrected chi connectivity index (χ4v) is 2.20. The number of hydrogen-bond donors (Lipinski definition) is 1. The number of carbonyl (C=O) groups is 1. The lowest BCUT2D eigenvalue weighted by molar-refractivity contribution is 0.0527. The van der Waals surface area contributed by atoms with Gasteiger partial charge in [0.25, 0.3) is 5.91 Å². The minimum Gasteiger partial charge on any atom is -0.337 e. The average Bonchev–Trinajstić information content (AvgIpc) is 2.33. The van der Waals surface area contributed by atoms with Gasteiger partial charge in [0.1, 0.15) is 5.69 Å². The fraction of sp³-hybridized carbons (Fsp3) is 0.538. The molecule has 2 N–H and O–H groups in total. The topological polar surface area (TPSA) is 59.2 Å². The smallest absolute Gasteiger partial charge is 0.272 e. The number of nitrogens with zero attached hydrogens (tertiary/aromatic N) is 2. The van der Waals surface area contributed by atoms with E-state index in [2.05, 4.69) is 18.8 Å². The highest BCUT2D eigenvalue weighted by atomic mass is 16.2. The van der Waals surface area contributed by atoms with Crippen molar-refractivity contribution in [1.29, 1.82) is 0 Å². The van der Waals surface area contributed by atoms with Crippen LogP contribution in [0.5, 0.6) is 0 Å². The Bertz CT molecular complexity index is 402. The second kappa shape index (κ2) is 4.45. The van der Waals surface area contributed by atoms with Gasteiger partial charge in [-0.1, -0.05) is 19.9 Å². The van der Waals surface area contributed by atoms with Crippen molar-refractivity contribution in [1.82, 2.24) is 9.88 Å². The number of pyridine rings is 1. The molecule has 1 saturated heterocycles. The summed E-state index contributed by atoms with van der Waals surface area (Å²) in [7, 11) is 0. The highest BCUT2D eigenvalue weighted by Crippen LogP contribution is 2.28. The molecule has 1 fully saturated rings. The van der Waals surface area contributed by atoms with Crippen LogP contribution in [-0.2, 0) is 0 Å². The number of aromatic nitrogens is 1. The molecule has 0 radical (unpaired) electrons. The summed E-state index contributed by atoms with van der Waals surface area (Å²) < 4.78 is 0. The van der Waals surface area contributed by atoms with Crippen LogP contribution in [0.25, 0.3) is 0 Å². The number of rotatable bonds is 1. The van der Waals surface area contributed by atoms with Gasteiger partial charge in [0.05, 0.1) is 0 Å². The first-order valence-corrected chi connectivity index (χ1v) is 5.96. The maximum absolute atomic E-state index is 12.2. The van der Waals surface area contributed by atoms with Crippen molar-refractivity contribution in [2.45, 2.75) is 26.3 Å². The Balaban J connectivity index is 2.12. The van der Waals surface area contributed by atoms with Gasteiger partial charge in [-0.15, -0.1) is 0 Å². The predicted molar refractivity (Wildman–Crippen MR) is 66.5 cm³/mol. The van der Waals surface area contributed by atoms with Crippen molar-refractivity contribution < 1.29 is 4.79 Å². The zero-order valence-electron chi connectivity index (χ0n) is 10.4. The number of piperidine rings is 1. The van der Waals surface area contributed by atoms with Crippen LogP contribution in [0.4, 0.5) is 0 Å². The molecule has 1 aliphatic heterocycles. The summed E-state index contributed by atoms with van der Waals surface area (Å²) in [6, 6.07) is 5.56. The van der Waals surface area contributed by atoms with Crippen molar-refractivity contribution in [2.75, 3.05) is 13.1 Å². The molecule has 0 spiro atoms. The van der Waals surface area contributed by atoms with Gasteiger partial charge in [-0.05, 0) is 24.0 Å². The number of nitrogens with two attached hydrogens (primary N) is 1. The minimum absolute atomic E-state index is 0.00516. The summed E-state index contributed by atoms with van der Waals surface area (Å²) in [5, 5.41) is 0. The van der Waals surface area contributed by atoms with Gasteiger partial charge in [-0.2, -0.15) is 0 Å². The van der Waals surface area contributed by atoms with Crippen molar-refractivity contribution in [3.63, 3.8) is 0 Å². The van der Waals surface area contributed by atoms with Crippen LogP contribution in [0.1, 0.15) is 30.8 Å². The molecule has 0 bridgehead atoms. The summed E-state index contributed by atoms with van der Waals surface area (Å²) in [5.74, 6) is 0.00516. The molecule has 2 rings (SSSR count). The van der Waals surface area contributed by atoms with Crippen LogP contribution >= 0.6 is 0 Å². The van der Waals surface area contributed by atoms with Crippen molar-refractivity contribution in [3.05, 3.63) is 30.1 Å². The lowest BCUT2D eigenvalue weighted by Gasteiger charge is -2.42. The van der Waals surface area contributed by atoms with Crippen LogP contribution in [0.15, 0.2) is 24.4 Å². The SMILES string of the molecule is CC1(C)CN(C(=O)c2ccccn2)CCC1N. The highest BCUT2D eigenvalue weighted by Gasteiger charge is 2.35. The largest absolute Gasteiger partial charge is 0.337 e. The molecule has 1 unspecified atom stereocenters. The molecule has 1 amide bonds. The molecule has 92 valence electrons. The molecule has 2 heterocycles. The first-order valence-electron chi connectivity index (χ1n) is 5.96. The van der Waals surface area contributed by atoms with Crippen LogP contribution in [-0.4, -0.2) is 34.9 Å². The Morgan fingerprint density at radius 3 is 2.88 bits per heavy atom. The predicted octanol–water partition coefficient (Wildman–Crippen LogP) is 1.28. The Kier molecular flexibility index (Phi) is 3.15. The molecule has 4 heteroatoms. The molecule has 1 aliphatic rings. The monoisotopic (exact) mass is 233 g/mol. The van der Waals surface area contributed by atoms with Crippen molar-refractivity contribution >= 4 is 5.91 Å². The second-order valence-electron chi connectivity index (χ2n) is 5.33. The first-order chi connectivity index (χ1) is 8.00. The maximum atomic E-state index is 12.2. The number of hydrogen-bond acceptors (Lipinski definition) is 3. The van der Waals surface area contributed by atoms with Gasteiger partial charge in [-0.25, -0.2) is 0 Å². The number of amides is 1. The van der Waals surface area contributed by atoms with Crippen molar-refractivity contribution in [2.24, 2.45) is 11.1 Å². The molecular weight excluding hydrogens is 214 g/mol. The van der Waals surface area contributed by atoms with E-state index in [-0.39, 0.29) is 17.4 Å². The van der Waals surface area contributed by atoms with E-state index >= 15 is 0 Å². The van der Waals surface area contributed by atoms with E-state index in [0.29, 0.717) is 12.2 Å². The van der Waals surface area contributed by atoms with E-state index in [1.807, 2.05) is 17.0 Å². The second-order valence-corrected chi connectivity index (χ2v) is 5.33. The molecule has 1 atom stereocenters. The van der Waals surface area contributed by atoms with Gasteiger partial charge in [0.2, 0.25) is 0 Å². The maximum Gasteiger partial charge on any atom is 0.272 e. The quantitative estimate of drug-likeness (QED) is 0.795. The average molecular weight is 233 g/mol. The molecule has 0 saturated carbocycles. The Labute approximate surface area is 102 Å². The summed E-state index contributed by atoms with van der Waals surface area (Å²) in [5.41, 5.74) is 6.55. The molecule has 4 nitrogen and oxygen atoms in total. The van der Waals surface area contributed by atoms with E-state index in [1.54, 1.807) is 12.3 Å². The molecular formula is C13H19N3O. The third kappa shape index (κ3) is 2.47. The van der Waals surface area contributed by atoms with Gasteiger partial charge in [0, 0.05) is 25.3 Å². The van der Waals surface area contributed by atoms with Gasteiger partial charge >= 0.3 is 0 Å². The molecule has 0 aromatic carbocycles. The van der Waals surface area contributed by atoms with E-state index in [0.717, 1.165) is 13.0 Å². The van der Waals surface area contributed by atoms with E-state index in [1.165, 1.54) is 0 Å². The minimum atomic E-state index is -0.0251. The summed E-state index contributed by atoms with van der Waals surface area (Å²) >= 11 is 0. The number of carbonyl (C=O) groups excluding carboxylic acids is 1. The van der Waals surface area contributed by atoms with Gasteiger partial charge in [0.15, 0.2) is 0 Å². The number of likely N-dealkylation sites (tertiary alicyclic amines) is 1. The Hall–Kier alpha value is -1.42. The first kappa shape index (κ1) is 12.0. The van der Waals surface area contributed by atoms with Crippen molar-refractivity contribution in [3.8, 4) is 0 Å². The highest BCUT2D eigenvalue weighted by molar-refractivity contribution is 5.92. The third-order valence-corrected chi connectivity index (χ3v) is 3.48. The fourth-order valence-electron chi connectivity index (χ4n) is 2.20. The third-order valence-electron chi connectivity index (χ3n) is 3.48. The Morgan fingerprint density at radius 2 is 2.29 bits per heavy atom. The van der Waals surface area contributed by atoms with Crippen LogP contribution in [0.2, 0.25) is 0 Å². The lowest BCUT2D eigenvalue weighted by Crippen LogP contribution is -2.54. The molecule has 1 aromatic heterocycles. The zero-order valence-corrected chi connectivity index (χ0v) is 10.4. The molecule has 1 aromatic rings. The zero-order chi connectivity index (χ0) is 12.5. The molecule has 0 aliphatic carbocycles.